The lowest BCUT2D eigenvalue weighted by atomic mass is 10.0. The monoisotopic (exact) mass is 255 g/mol. The molecular weight excluding hydrogens is 238 g/mol. The molecule has 1 heterocycles. The van der Waals surface area contributed by atoms with Gasteiger partial charge in [-0.1, -0.05) is 23.7 Å². The first kappa shape index (κ1) is 12.3. The highest BCUT2D eigenvalue weighted by atomic mass is 35.5. The van der Waals surface area contributed by atoms with Crippen LogP contribution in [0.2, 0.25) is 5.02 Å². The molecule has 0 bridgehead atoms. The molecule has 2 atom stereocenters. The van der Waals surface area contributed by atoms with E-state index >= 15 is 0 Å². The molecule has 2 unspecified atom stereocenters. The second-order valence-electron chi connectivity index (χ2n) is 4.51. The van der Waals surface area contributed by atoms with E-state index in [4.69, 9.17) is 17.3 Å². The summed E-state index contributed by atoms with van der Waals surface area (Å²) >= 11 is 8.23. The van der Waals surface area contributed by atoms with Gasteiger partial charge in [0.05, 0.1) is 0 Å². The molecule has 88 valence electrons. The van der Waals surface area contributed by atoms with Crippen LogP contribution in [0.3, 0.4) is 0 Å². The Balaban J connectivity index is 2.02. The summed E-state index contributed by atoms with van der Waals surface area (Å²) < 4.78 is 0. The van der Waals surface area contributed by atoms with Crippen LogP contribution in [0.1, 0.15) is 24.0 Å². The lowest BCUT2D eigenvalue weighted by Crippen LogP contribution is -2.33. The molecule has 0 radical (unpaired) electrons. The summed E-state index contributed by atoms with van der Waals surface area (Å²) in [7, 11) is 0. The third-order valence-electron chi connectivity index (χ3n) is 3.11. The number of nitrogens with two attached hydrogens (primary N) is 1. The van der Waals surface area contributed by atoms with Crippen molar-refractivity contribution in [1.29, 1.82) is 0 Å². The molecule has 1 fully saturated rings. The van der Waals surface area contributed by atoms with Gasteiger partial charge < -0.3 is 5.73 Å². The fourth-order valence-electron chi connectivity index (χ4n) is 2.14. The van der Waals surface area contributed by atoms with Crippen LogP contribution in [0.4, 0.5) is 0 Å². The van der Waals surface area contributed by atoms with Gasteiger partial charge in [0.1, 0.15) is 0 Å². The van der Waals surface area contributed by atoms with E-state index in [1.807, 2.05) is 17.8 Å². The van der Waals surface area contributed by atoms with Crippen molar-refractivity contribution in [3.63, 3.8) is 0 Å². The summed E-state index contributed by atoms with van der Waals surface area (Å²) in [6, 6.07) is 6.48. The van der Waals surface area contributed by atoms with Crippen LogP contribution in [0.15, 0.2) is 18.2 Å². The molecule has 1 aliphatic heterocycles. The van der Waals surface area contributed by atoms with Crippen molar-refractivity contribution in [1.82, 2.24) is 0 Å². The predicted octanol–water partition coefficient (Wildman–Crippen LogP) is 3.41. The zero-order chi connectivity index (χ0) is 11.5. The maximum atomic E-state index is 6.24. The molecule has 2 N–H and O–H groups in total. The first-order valence-electron chi connectivity index (χ1n) is 5.79. The van der Waals surface area contributed by atoms with E-state index in [9.17, 15) is 0 Å². The molecule has 2 rings (SSSR count). The maximum Gasteiger partial charge on any atom is 0.0441 e. The summed E-state index contributed by atoms with van der Waals surface area (Å²) in [6.45, 7) is 2.06. The summed E-state index contributed by atoms with van der Waals surface area (Å²) in [5.74, 6) is 1.26. The van der Waals surface area contributed by atoms with Crippen molar-refractivity contribution >= 4 is 23.4 Å². The van der Waals surface area contributed by atoms with Gasteiger partial charge in [0.2, 0.25) is 0 Å². The second kappa shape index (κ2) is 5.44. The van der Waals surface area contributed by atoms with Crippen LogP contribution in [-0.2, 0) is 6.42 Å². The molecule has 1 aliphatic rings. The molecule has 0 spiro atoms. The Hall–Kier alpha value is -0.180. The quantitative estimate of drug-likeness (QED) is 0.896. The zero-order valence-electron chi connectivity index (χ0n) is 9.58. The van der Waals surface area contributed by atoms with E-state index in [0.717, 1.165) is 11.4 Å². The highest BCUT2D eigenvalue weighted by Gasteiger charge is 2.23. The van der Waals surface area contributed by atoms with Crippen LogP contribution in [0.25, 0.3) is 0 Å². The Morgan fingerprint density at radius 3 is 3.00 bits per heavy atom. The van der Waals surface area contributed by atoms with Crippen LogP contribution >= 0.6 is 23.4 Å². The molecule has 1 nitrogen and oxygen atoms in total. The number of benzene rings is 1. The molecule has 1 aromatic carbocycles. The van der Waals surface area contributed by atoms with Crippen molar-refractivity contribution in [2.75, 3.05) is 5.75 Å². The van der Waals surface area contributed by atoms with E-state index in [2.05, 4.69) is 19.1 Å². The largest absolute Gasteiger partial charge is 0.326 e. The van der Waals surface area contributed by atoms with E-state index in [0.29, 0.717) is 5.25 Å². The Morgan fingerprint density at radius 1 is 1.56 bits per heavy atom. The van der Waals surface area contributed by atoms with Gasteiger partial charge in [0.15, 0.2) is 0 Å². The van der Waals surface area contributed by atoms with E-state index in [1.165, 1.54) is 29.7 Å². The lowest BCUT2D eigenvalue weighted by molar-refractivity contribution is 0.609. The highest BCUT2D eigenvalue weighted by Crippen LogP contribution is 2.30. The van der Waals surface area contributed by atoms with E-state index in [-0.39, 0.29) is 6.04 Å². The lowest BCUT2D eigenvalue weighted by Gasteiger charge is -2.18. The summed E-state index contributed by atoms with van der Waals surface area (Å²) in [6.07, 6.45) is 3.47. The van der Waals surface area contributed by atoms with E-state index in [1.54, 1.807) is 0 Å². The first-order valence-corrected chi connectivity index (χ1v) is 7.21. The molecule has 1 saturated heterocycles. The van der Waals surface area contributed by atoms with E-state index < -0.39 is 0 Å². The minimum Gasteiger partial charge on any atom is -0.326 e. The third kappa shape index (κ3) is 2.93. The standard InChI is InChI=1S/C13H18ClNS/c1-9-4-5-10(11(14)7-9)8-12(15)13-3-2-6-16-13/h4-5,7,12-13H,2-3,6,8,15H2,1H3. The normalized spacial score (nSPS) is 22.3. The van der Waals surface area contributed by atoms with Crippen LogP contribution in [0.5, 0.6) is 0 Å². The molecule has 0 aromatic heterocycles. The van der Waals surface area contributed by atoms with Crippen molar-refractivity contribution in [2.45, 2.75) is 37.5 Å². The molecule has 3 heteroatoms. The molecule has 0 amide bonds. The fraction of sp³-hybridized carbons (Fsp3) is 0.538. The fourth-order valence-corrected chi connectivity index (χ4v) is 3.77. The van der Waals surface area contributed by atoms with Crippen molar-refractivity contribution < 1.29 is 0 Å². The van der Waals surface area contributed by atoms with Gasteiger partial charge >= 0.3 is 0 Å². The predicted molar refractivity (Wildman–Crippen MR) is 73.3 cm³/mol. The van der Waals surface area contributed by atoms with Crippen LogP contribution in [-0.4, -0.2) is 17.0 Å². The minimum atomic E-state index is 0.243. The molecular formula is C13H18ClNS. The van der Waals surface area contributed by atoms with Gasteiger partial charge in [-0.3, -0.25) is 0 Å². The third-order valence-corrected chi connectivity index (χ3v) is 5.00. The average molecular weight is 256 g/mol. The Kier molecular flexibility index (Phi) is 4.17. The number of rotatable bonds is 3. The van der Waals surface area contributed by atoms with Gasteiger partial charge in [0, 0.05) is 16.3 Å². The minimum absolute atomic E-state index is 0.243. The topological polar surface area (TPSA) is 26.0 Å². The van der Waals surface area contributed by atoms with Crippen molar-refractivity contribution in [3.8, 4) is 0 Å². The van der Waals surface area contributed by atoms with Gasteiger partial charge in [-0.05, 0) is 49.1 Å². The Bertz CT molecular complexity index is 361. The summed E-state index contributed by atoms with van der Waals surface area (Å²) in [5.41, 5.74) is 8.63. The number of thioether (sulfide) groups is 1. The number of halogens is 1. The van der Waals surface area contributed by atoms with Gasteiger partial charge in [-0.15, -0.1) is 0 Å². The Morgan fingerprint density at radius 2 is 2.38 bits per heavy atom. The second-order valence-corrected chi connectivity index (χ2v) is 6.27. The van der Waals surface area contributed by atoms with Gasteiger partial charge in [-0.25, -0.2) is 0 Å². The number of aryl methyl sites for hydroxylation is 1. The van der Waals surface area contributed by atoms with Crippen LogP contribution in [0, 0.1) is 6.92 Å². The smallest absolute Gasteiger partial charge is 0.0441 e. The molecule has 0 aliphatic carbocycles. The summed E-state index contributed by atoms with van der Waals surface area (Å²) in [4.78, 5) is 0. The molecule has 0 saturated carbocycles. The average Bonchev–Trinajstić information content (AvgIpc) is 2.75. The number of hydrogen-bond acceptors (Lipinski definition) is 2. The first-order chi connectivity index (χ1) is 7.66. The van der Waals surface area contributed by atoms with Gasteiger partial charge in [-0.2, -0.15) is 11.8 Å². The van der Waals surface area contributed by atoms with Crippen LogP contribution < -0.4 is 5.73 Å². The molecule has 16 heavy (non-hydrogen) atoms. The number of hydrogen-bond donors (Lipinski definition) is 1. The zero-order valence-corrected chi connectivity index (χ0v) is 11.2. The molecule has 1 aromatic rings. The maximum absolute atomic E-state index is 6.24. The summed E-state index contributed by atoms with van der Waals surface area (Å²) in [5, 5.41) is 1.48. The SMILES string of the molecule is Cc1ccc(CC(N)C2CCCS2)c(Cl)c1. The van der Waals surface area contributed by atoms with Gasteiger partial charge in [0.25, 0.3) is 0 Å². The highest BCUT2D eigenvalue weighted by molar-refractivity contribution is 8.00. The van der Waals surface area contributed by atoms with Crippen molar-refractivity contribution in [3.05, 3.63) is 34.3 Å². The Labute approximate surface area is 107 Å². The van der Waals surface area contributed by atoms with Crippen molar-refractivity contribution in [2.24, 2.45) is 5.73 Å².